The third kappa shape index (κ3) is 1.45. The number of benzene rings is 1. The first kappa shape index (κ1) is 12.7. The molecule has 3 atom stereocenters. The maximum atomic E-state index is 12.2. The summed E-state index contributed by atoms with van der Waals surface area (Å²) >= 11 is 0. The van der Waals surface area contributed by atoms with Gasteiger partial charge in [-0.05, 0) is 18.4 Å². The van der Waals surface area contributed by atoms with E-state index in [9.17, 15) is 4.79 Å². The third-order valence-corrected chi connectivity index (χ3v) is 5.09. The van der Waals surface area contributed by atoms with Gasteiger partial charge in [-0.1, -0.05) is 43.2 Å². The van der Waals surface area contributed by atoms with Crippen molar-refractivity contribution < 1.29 is 14.3 Å². The highest BCUT2D eigenvalue weighted by atomic mass is 16.5. The molecule has 0 saturated heterocycles. The lowest BCUT2D eigenvalue weighted by molar-refractivity contribution is -0.144. The van der Waals surface area contributed by atoms with Crippen LogP contribution in [-0.4, -0.2) is 25.8 Å². The Kier molecular flexibility index (Phi) is 2.90. The molecule has 0 radical (unpaired) electrons. The molecule has 0 heterocycles. The molecule has 0 spiro atoms. The summed E-state index contributed by atoms with van der Waals surface area (Å²) in [5, 5.41) is 0. The Hall–Kier alpha value is -1.35. The van der Waals surface area contributed by atoms with Crippen LogP contribution in [0.1, 0.15) is 31.2 Å². The molecule has 19 heavy (non-hydrogen) atoms. The second kappa shape index (κ2) is 4.34. The average molecular weight is 260 g/mol. The third-order valence-electron chi connectivity index (χ3n) is 5.09. The predicted molar refractivity (Wildman–Crippen MR) is 71.8 cm³/mol. The fraction of sp³-hybridized carbons (Fsp3) is 0.562. The van der Waals surface area contributed by atoms with Crippen LogP contribution in [0.5, 0.6) is 0 Å². The minimum absolute atomic E-state index is 0.132. The lowest BCUT2D eigenvalue weighted by atomic mass is 9.80. The Morgan fingerprint density at radius 2 is 1.84 bits per heavy atom. The molecule has 2 aliphatic carbocycles. The van der Waals surface area contributed by atoms with Gasteiger partial charge in [0.15, 0.2) is 0 Å². The molecule has 2 saturated carbocycles. The first-order chi connectivity index (χ1) is 9.23. The van der Waals surface area contributed by atoms with Gasteiger partial charge >= 0.3 is 5.97 Å². The highest BCUT2D eigenvalue weighted by Crippen LogP contribution is 2.71. The van der Waals surface area contributed by atoms with Gasteiger partial charge in [0.2, 0.25) is 0 Å². The van der Waals surface area contributed by atoms with Crippen LogP contribution in [0.15, 0.2) is 30.3 Å². The Balaban J connectivity index is 2.08. The average Bonchev–Trinajstić information content (AvgIpc) is 3.12. The molecule has 2 aliphatic rings. The first-order valence-corrected chi connectivity index (χ1v) is 6.91. The summed E-state index contributed by atoms with van der Waals surface area (Å²) in [7, 11) is 3.20. The fourth-order valence-corrected chi connectivity index (χ4v) is 4.29. The zero-order chi connectivity index (χ0) is 13.5. The number of esters is 1. The maximum absolute atomic E-state index is 12.2. The largest absolute Gasteiger partial charge is 0.469 e. The minimum Gasteiger partial charge on any atom is -0.469 e. The van der Waals surface area contributed by atoms with Crippen molar-refractivity contribution in [1.29, 1.82) is 0 Å². The van der Waals surface area contributed by atoms with Crippen LogP contribution in [0.3, 0.4) is 0 Å². The quantitative estimate of drug-likeness (QED) is 0.784. The van der Waals surface area contributed by atoms with E-state index in [4.69, 9.17) is 9.47 Å². The van der Waals surface area contributed by atoms with Crippen LogP contribution in [0.4, 0.5) is 0 Å². The van der Waals surface area contributed by atoms with Crippen LogP contribution in [0, 0.1) is 5.92 Å². The molecule has 0 aliphatic heterocycles. The lowest BCUT2D eigenvalue weighted by Crippen LogP contribution is -2.29. The van der Waals surface area contributed by atoms with E-state index in [1.807, 2.05) is 18.2 Å². The van der Waals surface area contributed by atoms with Gasteiger partial charge in [0, 0.05) is 12.5 Å². The molecular weight excluding hydrogens is 240 g/mol. The maximum Gasteiger partial charge on any atom is 0.312 e. The number of fused-ring (bicyclic) bond motifs is 1. The summed E-state index contributed by atoms with van der Waals surface area (Å²) in [4.78, 5) is 12.2. The van der Waals surface area contributed by atoms with Crippen molar-refractivity contribution in [2.75, 3.05) is 14.2 Å². The van der Waals surface area contributed by atoms with Crippen molar-refractivity contribution >= 4 is 5.97 Å². The van der Waals surface area contributed by atoms with Gasteiger partial charge in [-0.25, -0.2) is 0 Å². The molecule has 0 aromatic heterocycles. The Bertz CT molecular complexity index is 484. The fourth-order valence-electron chi connectivity index (χ4n) is 4.29. The van der Waals surface area contributed by atoms with Gasteiger partial charge < -0.3 is 9.47 Å². The molecule has 0 bridgehead atoms. The van der Waals surface area contributed by atoms with Crippen LogP contribution >= 0.6 is 0 Å². The number of rotatable bonds is 3. The normalized spacial score (nSPS) is 36.4. The number of carbonyl (C=O) groups excluding carboxylic acids is 1. The Morgan fingerprint density at radius 1 is 1.16 bits per heavy atom. The van der Waals surface area contributed by atoms with E-state index in [-0.39, 0.29) is 22.9 Å². The van der Waals surface area contributed by atoms with Crippen molar-refractivity contribution in [3.05, 3.63) is 35.9 Å². The molecule has 1 aromatic rings. The highest BCUT2D eigenvalue weighted by Gasteiger charge is 2.81. The van der Waals surface area contributed by atoms with Crippen molar-refractivity contribution in [2.24, 2.45) is 5.92 Å². The second-order valence-corrected chi connectivity index (χ2v) is 5.59. The molecule has 3 rings (SSSR count). The van der Waals surface area contributed by atoms with Crippen molar-refractivity contribution in [3.8, 4) is 0 Å². The number of hydrogen-bond donors (Lipinski definition) is 0. The lowest BCUT2D eigenvalue weighted by Gasteiger charge is -2.29. The first-order valence-electron chi connectivity index (χ1n) is 6.91. The van der Waals surface area contributed by atoms with E-state index >= 15 is 0 Å². The highest BCUT2D eigenvalue weighted by molar-refractivity contribution is 5.83. The van der Waals surface area contributed by atoms with Crippen molar-refractivity contribution in [3.63, 3.8) is 0 Å². The van der Waals surface area contributed by atoms with Crippen molar-refractivity contribution in [1.82, 2.24) is 0 Å². The molecule has 0 amide bonds. The number of carbonyl (C=O) groups is 1. The predicted octanol–water partition coefficient (Wildman–Crippen LogP) is 2.69. The standard InChI is InChI=1S/C16H20O3/c1-18-14(17)13-15(12-8-4-3-5-9-12)10-6-7-11-16(13,15)19-2/h3-5,8-9,13H,6-7,10-11H2,1-2H3/t13-,15-,16+/m1/s1. The van der Waals surface area contributed by atoms with Gasteiger partial charge in [0.1, 0.15) is 0 Å². The summed E-state index contributed by atoms with van der Waals surface area (Å²) < 4.78 is 10.9. The number of methoxy groups -OCH3 is 2. The van der Waals surface area contributed by atoms with E-state index < -0.39 is 0 Å². The van der Waals surface area contributed by atoms with Gasteiger partial charge in [0.25, 0.3) is 0 Å². The van der Waals surface area contributed by atoms with Crippen LogP contribution < -0.4 is 0 Å². The summed E-state index contributed by atoms with van der Waals surface area (Å²) in [6.07, 6.45) is 4.21. The Morgan fingerprint density at radius 3 is 2.47 bits per heavy atom. The number of hydrogen-bond acceptors (Lipinski definition) is 3. The topological polar surface area (TPSA) is 35.5 Å². The molecule has 0 unspecified atom stereocenters. The molecule has 0 N–H and O–H groups in total. The summed E-state index contributed by atoms with van der Waals surface area (Å²) in [6, 6.07) is 10.3. The van der Waals surface area contributed by atoms with Crippen LogP contribution in [0.25, 0.3) is 0 Å². The van der Waals surface area contributed by atoms with Crippen LogP contribution in [0.2, 0.25) is 0 Å². The second-order valence-electron chi connectivity index (χ2n) is 5.59. The van der Waals surface area contributed by atoms with Gasteiger partial charge in [0.05, 0.1) is 18.6 Å². The summed E-state index contributed by atoms with van der Waals surface area (Å²) in [6.45, 7) is 0. The summed E-state index contributed by atoms with van der Waals surface area (Å²) in [5.41, 5.74) is 0.695. The molecular formula is C16H20O3. The van der Waals surface area contributed by atoms with Gasteiger partial charge in [-0.3, -0.25) is 4.79 Å². The van der Waals surface area contributed by atoms with E-state index in [1.54, 1.807) is 7.11 Å². The van der Waals surface area contributed by atoms with E-state index in [0.29, 0.717) is 0 Å². The molecule has 3 heteroatoms. The smallest absolute Gasteiger partial charge is 0.312 e. The van der Waals surface area contributed by atoms with Gasteiger partial charge in [-0.15, -0.1) is 0 Å². The van der Waals surface area contributed by atoms with E-state index in [2.05, 4.69) is 12.1 Å². The zero-order valence-corrected chi connectivity index (χ0v) is 11.5. The molecule has 1 aromatic carbocycles. The Labute approximate surface area is 113 Å². The number of ether oxygens (including phenoxy) is 2. The monoisotopic (exact) mass is 260 g/mol. The summed E-state index contributed by atoms with van der Waals surface area (Å²) in [5.74, 6) is -0.285. The molecule has 3 nitrogen and oxygen atoms in total. The van der Waals surface area contributed by atoms with Gasteiger partial charge in [-0.2, -0.15) is 0 Å². The zero-order valence-electron chi connectivity index (χ0n) is 11.5. The van der Waals surface area contributed by atoms with Crippen LogP contribution in [-0.2, 0) is 19.7 Å². The SMILES string of the molecule is COC(=O)[C@H]1[C@@]2(OC)CCCC[C@@]12c1ccccc1. The molecule has 2 fully saturated rings. The van der Waals surface area contributed by atoms with Crippen molar-refractivity contribution in [2.45, 2.75) is 36.7 Å². The molecule has 102 valence electrons. The van der Waals surface area contributed by atoms with E-state index in [0.717, 1.165) is 25.7 Å². The minimum atomic E-state index is -0.348. The van der Waals surface area contributed by atoms with E-state index in [1.165, 1.54) is 12.7 Å².